The molecule has 3 aromatic heterocycles. The van der Waals surface area contributed by atoms with Crippen LogP contribution in [0.25, 0.3) is 28.1 Å². The molecular weight excluding hydrogens is 614 g/mol. The molecule has 0 aliphatic carbocycles. The average molecular weight is 637 g/mol. The van der Waals surface area contributed by atoms with Crippen LogP contribution in [0.4, 0.5) is 26.3 Å². The number of benzene rings is 3. The SMILES string of the molecule is Fc1cccc(F)c1C1=C2CC=C(N2)C(c2c(F)cccc2F)=c2ccc([nH]2)=C(c2c(F)cccc2F)c2ccc([nH]2)-c2ccc1[nH]2. The van der Waals surface area contributed by atoms with Crippen LogP contribution in [0.3, 0.4) is 0 Å². The van der Waals surface area contributed by atoms with Crippen molar-refractivity contribution in [3.8, 4) is 11.4 Å². The molecule has 0 unspecified atom stereocenters. The summed E-state index contributed by atoms with van der Waals surface area (Å²) in [5, 5.41) is 3.67. The standard InChI is InChI=1S/C37H22F6N4/c38-18-4-1-5-19(39)32(18)35-26-12-10-24(44-26)25-11-13-27(45-25)36(33-20(40)6-2-7-21(33)41)29-15-17-31(47-29)37(30-16-14-28(35)46-30)34-22(42)8-3-9-23(34)43/h1-14,16-17,44-47H,15H2. The second kappa shape index (κ2) is 10.9. The molecule has 0 amide bonds. The number of halogens is 6. The molecule has 6 aromatic rings. The van der Waals surface area contributed by atoms with Crippen molar-refractivity contribution in [3.63, 3.8) is 0 Å². The van der Waals surface area contributed by atoms with Crippen LogP contribution in [0, 0.1) is 34.9 Å². The molecule has 4 N–H and O–H groups in total. The molecule has 4 nitrogen and oxygen atoms in total. The van der Waals surface area contributed by atoms with E-state index in [4.69, 9.17) is 0 Å². The van der Waals surface area contributed by atoms with Crippen LogP contribution in [0.5, 0.6) is 0 Å². The van der Waals surface area contributed by atoms with Crippen LogP contribution in [-0.2, 0) is 0 Å². The van der Waals surface area contributed by atoms with Crippen LogP contribution < -0.4 is 16.0 Å². The number of aromatic amines is 3. The first-order valence-electron chi connectivity index (χ1n) is 14.6. The molecule has 8 bridgehead atoms. The molecule has 5 heterocycles. The molecule has 0 spiro atoms. The van der Waals surface area contributed by atoms with Gasteiger partial charge in [0.15, 0.2) is 0 Å². The van der Waals surface area contributed by atoms with Gasteiger partial charge in [0.25, 0.3) is 0 Å². The third-order valence-corrected chi connectivity index (χ3v) is 8.43. The second-order valence-electron chi connectivity index (χ2n) is 11.2. The Labute approximate surface area is 263 Å². The summed E-state index contributed by atoms with van der Waals surface area (Å²) in [5.74, 6) is -4.96. The van der Waals surface area contributed by atoms with Crippen molar-refractivity contribution < 1.29 is 26.3 Å². The Morgan fingerprint density at radius 2 is 0.809 bits per heavy atom. The van der Waals surface area contributed by atoms with Gasteiger partial charge in [-0.3, -0.25) is 0 Å². The van der Waals surface area contributed by atoms with E-state index in [1.807, 2.05) is 0 Å². The molecule has 3 aromatic carbocycles. The van der Waals surface area contributed by atoms with E-state index < -0.39 is 34.9 Å². The Morgan fingerprint density at radius 1 is 0.404 bits per heavy atom. The fourth-order valence-electron chi connectivity index (χ4n) is 6.37. The van der Waals surface area contributed by atoms with Gasteiger partial charge in [0, 0.05) is 56.6 Å². The van der Waals surface area contributed by atoms with Gasteiger partial charge in [-0.15, -0.1) is 0 Å². The summed E-state index contributed by atoms with van der Waals surface area (Å²) in [6, 6.07) is 20.4. The number of rotatable bonds is 3. The molecule has 0 saturated carbocycles. The number of fused-ring (bicyclic) bond motifs is 9. The summed E-state index contributed by atoms with van der Waals surface area (Å²) in [7, 11) is 0. The minimum Gasteiger partial charge on any atom is -0.358 e. The largest absolute Gasteiger partial charge is 0.358 e. The first-order valence-corrected chi connectivity index (χ1v) is 14.6. The fraction of sp³-hybridized carbons (Fsp3) is 0.0270. The van der Waals surface area contributed by atoms with Crippen molar-refractivity contribution in [2.75, 3.05) is 0 Å². The predicted molar refractivity (Wildman–Crippen MR) is 166 cm³/mol. The van der Waals surface area contributed by atoms with Gasteiger partial charge in [-0.1, -0.05) is 24.3 Å². The molecule has 0 saturated heterocycles. The van der Waals surface area contributed by atoms with Gasteiger partial charge in [-0.25, -0.2) is 26.3 Å². The van der Waals surface area contributed by atoms with Crippen molar-refractivity contribution >= 4 is 16.7 Å². The quantitative estimate of drug-likeness (QED) is 0.152. The number of nitrogens with one attached hydrogen (secondary N) is 4. The van der Waals surface area contributed by atoms with Crippen molar-refractivity contribution in [3.05, 3.63) is 182 Å². The highest BCUT2D eigenvalue weighted by molar-refractivity contribution is 5.87. The minimum absolute atomic E-state index is 0.0674. The molecule has 2 aliphatic heterocycles. The lowest BCUT2D eigenvalue weighted by Gasteiger charge is -2.16. The highest BCUT2D eigenvalue weighted by Gasteiger charge is 2.28. The normalized spacial score (nSPS) is 14.2. The van der Waals surface area contributed by atoms with E-state index >= 15 is 26.3 Å². The fourth-order valence-corrected chi connectivity index (χ4v) is 6.37. The van der Waals surface area contributed by atoms with Gasteiger partial charge >= 0.3 is 0 Å². The third kappa shape index (κ3) is 4.63. The molecule has 2 aliphatic rings. The van der Waals surface area contributed by atoms with Gasteiger partial charge in [-0.05, 0) is 72.8 Å². The number of aromatic nitrogens is 3. The first kappa shape index (κ1) is 28.6. The molecular formula is C37H22F6N4. The lowest BCUT2D eigenvalue weighted by Crippen LogP contribution is -2.22. The van der Waals surface area contributed by atoms with Crippen molar-refractivity contribution in [1.82, 2.24) is 20.3 Å². The van der Waals surface area contributed by atoms with E-state index in [-0.39, 0.29) is 56.2 Å². The Balaban J connectivity index is 1.50. The highest BCUT2D eigenvalue weighted by Crippen LogP contribution is 2.37. The zero-order chi connectivity index (χ0) is 32.4. The number of hydrogen-bond donors (Lipinski definition) is 4. The summed E-state index contributed by atoms with van der Waals surface area (Å²) < 4.78 is 92.5. The second-order valence-corrected chi connectivity index (χ2v) is 11.2. The maximum atomic E-state index is 15.5. The Bertz CT molecular complexity index is 2380. The van der Waals surface area contributed by atoms with Gasteiger partial charge < -0.3 is 20.3 Å². The van der Waals surface area contributed by atoms with Gasteiger partial charge in [0.05, 0.1) is 28.1 Å². The summed E-state index contributed by atoms with van der Waals surface area (Å²) in [6.45, 7) is 0. The number of H-pyrrole nitrogens is 3. The zero-order valence-corrected chi connectivity index (χ0v) is 24.2. The van der Waals surface area contributed by atoms with E-state index in [1.54, 1.807) is 42.5 Å². The van der Waals surface area contributed by atoms with E-state index in [0.717, 1.165) is 36.4 Å². The third-order valence-electron chi connectivity index (χ3n) is 8.43. The van der Waals surface area contributed by atoms with Crippen LogP contribution in [0.15, 0.2) is 108 Å². The van der Waals surface area contributed by atoms with Crippen molar-refractivity contribution in [2.24, 2.45) is 0 Å². The topological polar surface area (TPSA) is 59.4 Å². The molecule has 232 valence electrons. The lowest BCUT2D eigenvalue weighted by atomic mass is 9.98. The summed E-state index contributed by atoms with van der Waals surface area (Å²) >= 11 is 0. The number of hydrogen-bond acceptors (Lipinski definition) is 1. The van der Waals surface area contributed by atoms with Gasteiger partial charge in [0.1, 0.15) is 34.9 Å². The maximum absolute atomic E-state index is 15.5. The van der Waals surface area contributed by atoms with E-state index in [9.17, 15) is 0 Å². The van der Waals surface area contributed by atoms with Crippen LogP contribution in [-0.4, -0.2) is 15.0 Å². The zero-order valence-electron chi connectivity index (χ0n) is 24.2. The van der Waals surface area contributed by atoms with Crippen LogP contribution in [0.1, 0.15) is 34.5 Å². The molecule has 10 heteroatoms. The van der Waals surface area contributed by atoms with Crippen LogP contribution in [0.2, 0.25) is 0 Å². The minimum atomic E-state index is -0.859. The predicted octanol–water partition coefficient (Wildman–Crippen LogP) is 7.27. The van der Waals surface area contributed by atoms with E-state index in [0.29, 0.717) is 28.5 Å². The number of allylic oxidation sites excluding steroid dienone is 2. The smallest absolute Gasteiger partial charge is 0.134 e. The average Bonchev–Trinajstić information content (AvgIpc) is 3.86. The highest BCUT2D eigenvalue weighted by atomic mass is 19.2. The Kier molecular flexibility index (Phi) is 6.61. The summed E-state index contributed by atoms with van der Waals surface area (Å²) in [6.07, 6.45) is 1.80. The monoisotopic (exact) mass is 636 g/mol. The molecule has 0 atom stereocenters. The summed E-state index contributed by atoms with van der Waals surface area (Å²) in [4.78, 5) is 9.58. The van der Waals surface area contributed by atoms with E-state index in [1.165, 1.54) is 18.2 Å². The Hall–Kier alpha value is -5.90. The van der Waals surface area contributed by atoms with E-state index in [2.05, 4.69) is 20.3 Å². The first-order chi connectivity index (χ1) is 22.8. The molecule has 0 radical (unpaired) electrons. The maximum Gasteiger partial charge on any atom is 0.134 e. The lowest BCUT2D eigenvalue weighted by molar-refractivity contribution is 0.576. The molecule has 8 rings (SSSR count). The molecule has 0 fully saturated rings. The van der Waals surface area contributed by atoms with Crippen molar-refractivity contribution in [1.29, 1.82) is 0 Å². The van der Waals surface area contributed by atoms with Gasteiger partial charge in [0.2, 0.25) is 0 Å². The summed E-state index contributed by atoms with van der Waals surface area (Å²) in [5.41, 5.74) is 1.79. The van der Waals surface area contributed by atoms with Crippen LogP contribution >= 0.6 is 0 Å². The van der Waals surface area contributed by atoms with Crippen molar-refractivity contribution in [2.45, 2.75) is 6.42 Å². The Morgan fingerprint density at radius 3 is 1.32 bits per heavy atom. The molecule has 47 heavy (non-hydrogen) atoms. The van der Waals surface area contributed by atoms with Gasteiger partial charge in [-0.2, -0.15) is 0 Å².